The highest BCUT2D eigenvalue weighted by molar-refractivity contribution is 7.92. The molecule has 0 fully saturated rings. The number of hydrogen-bond donors (Lipinski definition) is 0. The SMILES string of the molecule is Cc1cccc(S(=O)(=O)C(C)(C)CCCN2CCc3ccccc3C2)c1. The summed E-state index contributed by atoms with van der Waals surface area (Å²) in [5.74, 6) is 0. The van der Waals surface area contributed by atoms with Gasteiger partial charge in [-0.1, -0.05) is 36.4 Å². The van der Waals surface area contributed by atoms with Crippen LogP contribution in [0.5, 0.6) is 0 Å². The van der Waals surface area contributed by atoms with Crippen LogP contribution in [0.15, 0.2) is 53.4 Å². The van der Waals surface area contributed by atoms with Crippen molar-refractivity contribution >= 4 is 9.84 Å². The van der Waals surface area contributed by atoms with Crippen molar-refractivity contribution in [2.45, 2.75) is 56.2 Å². The molecule has 0 aromatic heterocycles. The molecule has 4 heteroatoms. The lowest BCUT2D eigenvalue weighted by molar-refractivity contribution is 0.245. The van der Waals surface area contributed by atoms with Crippen molar-refractivity contribution in [3.05, 3.63) is 65.2 Å². The highest BCUT2D eigenvalue weighted by atomic mass is 32.2. The third-order valence-electron chi connectivity index (χ3n) is 5.49. The van der Waals surface area contributed by atoms with Gasteiger partial charge in [-0.3, -0.25) is 4.90 Å². The minimum Gasteiger partial charge on any atom is -0.299 e. The van der Waals surface area contributed by atoms with Crippen LogP contribution in [-0.4, -0.2) is 31.2 Å². The van der Waals surface area contributed by atoms with Gasteiger partial charge in [0.2, 0.25) is 0 Å². The topological polar surface area (TPSA) is 37.4 Å². The Kier molecular flexibility index (Phi) is 5.54. The zero-order valence-electron chi connectivity index (χ0n) is 16.0. The Morgan fingerprint density at radius 3 is 2.50 bits per heavy atom. The van der Waals surface area contributed by atoms with E-state index in [0.717, 1.165) is 38.0 Å². The van der Waals surface area contributed by atoms with Gasteiger partial charge < -0.3 is 0 Å². The Balaban J connectivity index is 1.60. The maximum absolute atomic E-state index is 13.0. The van der Waals surface area contributed by atoms with E-state index in [1.54, 1.807) is 12.1 Å². The molecule has 3 nitrogen and oxygen atoms in total. The molecule has 0 atom stereocenters. The Morgan fingerprint density at radius 2 is 1.77 bits per heavy atom. The highest BCUT2D eigenvalue weighted by Gasteiger charge is 2.35. The summed E-state index contributed by atoms with van der Waals surface area (Å²) in [5.41, 5.74) is 3.84. The smallest absolute Gasteiger partial charge is 0.183 e. The van der Waals surface area contributed by atoms with Gasteiger partial charge >= 0.3 is 0 Å². The van der Waals surface area contributed by atoms with Gasteiger partial charge in [0.1, 0.15) is 0 Å². The van der Waals surface area contributed by atoms with Crippen molar-refractivity contribution in [1.29, 1.82) is 0 Å². The summed E-state index contributed by atoms with van der Waals surface area (Å²) in [5, 5.41) is 0. The number of benzene rings is 2. The molecule has 1 aliphatic heterocycles. The number of aryl methyl sites for hydroxylation is 1. The van der Waals surface area contributed by atoms with E-state index >= 15 is 0 Å². The normalized spacial score (nSPS) is 15.7. The van der Waals surface area contributed by atoms with Gasteiger partial charge in [0.05, 0.1) is 9.64 Å². The Labute approximate surface area is 158 Å². The van der Waals surface area contributed by atoms with E-state index in [-0.39, 0.29) is 0 Å². The quantitative estimate of drug-likeness (QED) is 0.756. The van der Waals surface area contributed by atoms with Gasteiger partial charge in [-0.2, -0.15) is 0 Å². The van der Waals surface area contributed by atoms with Crippen LogP contribution in [0.1, 0.15) is 43.4 Å². The number of nitrogens with zero attached hydrogens (tertiary/aromatic N) is 1. The molecule has 2 aromatic rings. The molecule has 26 heavy (non-hydrogen) atoms. The van der Waals surface area contributed by atoms with E-state index < -0.39 is 14.6 Å². The predicted molar refractivity (Wildman–Crippen MR) is 107 cm³/mol. The van der Waals surface area contributed by atoms with Crippen LogP contribution in [0.2, 0.25) is 0 Å². The molecule has 0 bridgehead atoms. The maximum Gasteiger partial charge on any atom is 0.183 e. The lowest BCUT2D eigenvalue weighted by atomic mass is 9.99. The van der Waals surface area contributed by atoms with Gasteiger partial charge in [-0.15, -0.1) is 0 Å². The van der Waals surface area contributed by atoms with Gasteiger partial charge in [-0.25, -0.2) is 8.42 Å². The third-order valence-corrected chi connectivity index (χ3v) is 8.02. The molecular formula is C22H29NO2S. The summed E-state index contributed by atoms with van der Waals surface area (Å²) < 4.78 is 25.3. The van der Waals surface area contributed by atoms with Crippen molar-refractivity contribution in [1.82, 2.24) is 4.90 Å². The van der Waals surface area contributed by atoms with Gasteiger partial charge in [0.25, 0.3) is 0 Å². The molecular weight excluding hydrogens is 342 g/mol. The molecule has 0 saturated heterocycles. The minimum absolute atomic E-state index is 0.439. The molecule has 3 rings (SSSR count). The van der Waals surface area contributed by atoms with Crippen LogP contribution in [0.25, 0.3) is 0 Å². The van der Waals surface area contributed by atoms with E-state index in [2.05, 4.69) is 29.2 Å². The Bertz CT molecular complexity index is 871. The molecule has 2 aromatic carbocycles. The number of rotatable bonds is 6. The van der Waals surface area contributed by atoms with Crippen LogP contribution >= 0.6 is 0 Å². The molecule has 0 N–H and O–H groups in total. The van der Waals surface area contributed by atoms with Crippen molar-refractivity contribution in [3.8, 4) is 0 Å². The minimum atomic E-state index is -3.33. The first-order valence-electron chi connectivity index (χ1n) is 9.40. The lowest BCUT2D eigenvalue weighted by Crippen LogP contribution is -2.35. The summed E-state index contributed by atoms with van der Waals surface area (Å²) in [4.78, 5) is 2.88. The first-order chi connectivity index (χ1) is 12.3. The van der Waals surface area contributed by atoms with E-state index in [4.69, 9.17) is 0 Å². The highest BCUT2D eigenvalue weighted by Crippen LogP contribution is 2.30. The average Bonchev–Trinajstić information content (AvgIpc) is 2.61. The molecule has 0 amide bonds. The van der Waals surface area contributed by atoms with Crippen LogP contribution in [-0.2, 0) is 22.8 Å². The molecule has 0 radical (unpaired) electrons. The van der Waals surface area contributed by atoms with Gasteiger partial charge in [0.15, 0.2) is 9.84 Å². The monoisotopic (exact) mass is 371 g/mol. The third kappa shape index (κ3) is 4.02. The van der Waals surface area contributed by atoms with Crippen molar-refractivity contribution in [3.63, 3.8) is 0 Å². The summed E-state index contributed by atoms with van der Waals surface area (Å²) in [6.45, 7) is 8.62. The largest absolute Gasteiger partial charge is 0.299 e. The van der Waals surface area contributed by atoms with Crippen molar-refractivity contribution in [2.24, 2.45) is 0 Å². The second-order valence-electron chi connectivity index (χ2n) is 7.98. The summed E-state index contributed by atoms with van der Waals surface area (Å²) in [6, 6.07) is 15.9. The maximum atomic E-state index is 13.0. The number of sulfone groups is 1. The van der Waals surface area contributed by atoms with Crippen molar-refractivity contribution < 1.29 is 8.42 Å². The van der Waals surface area contributed by atoms with Crippen LogP contribution in [0.3, 0.4) is 0 Å². The number of fused-ring (bicyclic) bond motifs is 1. The summed E-state index contributed by atoms with van der Waals surface area (Å²) in [6.07, 6.45) is 2.64. The molecule has 1 aliphatic rings. The Hall–Kier alpha value is -1.65. The zero-order chi connectivity index (χ0) is 18.8. The zero-order valence-corrected chi connectivity index (χ0v) is 16.8. The van der Waals surface area contributed by atoms with Crippen LogP contribution in [0, 0.1) is 6.92 Å². The first-order valence-corrected chi connectivity index (χ1v) is 10.9. The predicted octanol–water partition coefficient (Wildman–Crippen LogP) is 4.39. The standard InChI is InChI=1S/C22H29NO2S/c1-18-8-6-11-21(16-18)26(24,25)22(2,3)13-7-14-23-15-12-19-9-4-5-10-20(19)17-23/h4-6,8-11,16H,7,12-15,17H2,1-3H3. The van der Waals surface area contributed by atoms with E-state index in [1.165, 1.54) is 11.1 Å². The van der Waals surface area contributed by atoms with Gasteiger partial charge in [-0.05, 0) is 75.4 Å². The molecule has 0 aliphatic carbocycles. The molecule has 0 spiro atoms. The van der Waals surface area contributed by atoms with Crippen LogP contribution < -0.4 is 0 Å². The van der Waals surface area contributed by atoms with Crippen molar-refractivity contribution in [2.75, 3.05) is 13.1 Å². The van der Waals surface area contributed by atoms with Crippen LogP contribution in [0.4, 0.5) is 0 Å². The second kappa shape index (κ2) is 7.53. The number of hydrogen-bond acceptors (Lipinski definition) is 3. The van der Waals surface area contributed by atoms with E-state index in [1.807, 2.05) is 32.9 Å². The summed E-state index contributed by atoms with van der Waals surface area (Å²) in [7, 11) is -3.33. The summed E-state index contributed by atoms with van der Waals surface area (Å²) >= 11 is 0. The fraction of sp³-hybridized carbons (Fsp3) is 0.455. The lowest BCUT2D eigenvalue weighted by Gasteiger charge is -2.30. The molecule has 0 unspecified atom stereocenters. The van der Waals surface area contributed by atoms with Gasteiger partial charge in [0, 0.05) is 13.1 Å². The molecule has 140 valence electrons. The fourth-order valence-electron chi connectivity index (χ4n) is 3.71. The van der Waals surface area contributed by atoms with E-state index in [9.17, 15) is 8.42 Å². The fourth-order valence-corrected chi connectivity index (χ4v) is 5.36. The molecule has 1 heterocycles. The van der Waals surface area contributed by atoms with E-state index in [0.29, 0.717) is 11.3 Å². The second-order valence-corrected chi connectivity index (χ2v) is 10.6. The average molecular weight is 372 g/mol. The molecule has 0 saturated carbocycles. The Morgan fingerprint density at radius 1 is 1.04 bits per heavy atom. The first kappa shape index (κ1) is 19.1.